The number of imidazole rings is 1. The summed E-state index contributed by atoms with van der Waals surface area (Å²) in [5.74, 6) is -0.450. The minimum atomic E-state index is -0.526. The Morgan fingerprint density at radius 2 is 2.37 bits per heavy atom. The molecule has 0 radical (unpaired) electrons. The summed E-state index contributed by atoms with van der Waals surface area (Å²) >= 11 is 0. The van der Waals surface area contributed by atoms with E-state index in [9.17, 15) is 14.9 Å². The molecule has 0 aliphatic carbocycles. The van der Waals surface area contributed by atoms with E-state index in [4.69, 9.17) is 0 Å². The third-order valence-corrected chi connectivity index (χ3v) is 2.75. The van der Waals surface area contributed by atoms with Crippen molar-refractivity contribution in [3.05, 3.63) is 46.2 Å². The molecule has 0 aliphatic heterocycles. The molecule has 2 aromatic heterocycles. The van der Waals surface area contributed by atoms with Gasteiger partial charge in [0.2, 0.25) is 0 Å². The molecule has 19 heavy (non-hydrogen) atoms. The molecule has 0 fully saturated rings. The monoisotopic (exact) mass is 263 g/mol. The summed E-state index contributed by atoms with van der Waals surface area (Å²) in [6, 6.07) is 2.74. The van der Waals surface area contributed by atoms with E-state index < -0.39 is 4.92 Å². The Morgan fingerprint density at radius 1 is 1.58 bits per heavy atom. The van der Waals surface area contributed by atoms with Gasteiger partial charge in [-0.1, -0.05) is 0 Å². The molecular weight excluding hydrogens is 250 g/mol. The maximum absolute atomic E-state index is 11.8. The highest BCUT2D eigenvalue weighted by Crippen LogP contribution is 2.14. The first kappa shape index (κ1) is 12.8. The molecule has 2 rings (SSSR count). The SMILES string of the molecule is Cn1c(C(=O)NCCc2cnc[nH]2)ccc1[N+](=O)[O-]. The van der Waals surface area contributed by atoms with E-state index in [1.165, 1.54) is 23.7 Å². The fourth-order valence-electron chi connectivity index (χ4n) is 1.73. The van der Waals surface area contributed by atoms with E-state index in [1.807, 2.05) is 0 Å². The highest BCUT2D eigenvalue weighted by Gasteiger charge is 2.19. The van der Waals surface area contributed by atoms with Gasteiger partial charge in [0, 0.05) is 30.9 Å². The van der Waals surface area contributed by atoms with Gasteiger partial charge in [-0.2, -0.15) is 0 Å². The van der Waals surface area contributed by atoms with Crippen LogP contribution in [0.1, 0.15) is 16.2 Å². The number of amides is 1. The number of carbonyl (C=O) groups excluding carboxylic acids is 1. The topological polar surface area (TPSA) is 106 Å². The van der Waals surface area contributed by atoms with Crippen molar-refractivity contribution in [2.75, 3.05) is 6.54 Å². The van der Waals surface area contributed by atoms with Crippen LogP contribution in [0.3, 0.4) is 0 Å². The molecule has 8 heteroatoms. The van der Waals surface area contributed by atoms with Crippen LogP contribution in [0.15, 0.2) is 24.7 Å². The van der Waals surface area contributed by atoms with Crippen molar-refractivity contribution in [2.24, 2.45) is 7.05 Å². The van der Waals surface area contributed by atoms with Crippen molar-refractivity contribution in [3.8, 4) is 0 Å². The van der Waals surface area contributed by atoms with Crippen molar-refractivity contribution in [1.29, 1.82) is 0 Å². The van der Waals surface area contributed by atoms with E-state index in [1.54, 1.807) is 12.5 Å². The van der Waals surface area contributed by atoms with Gasteiger partial charge < -0.3 is 20.4 Å². The molecule has 2 N–H and O–H groups in total. The zero-order valence-electron chi connectivity index (χ0n) is 10.3. The number of carbonyl (C=O) groups is 1. The van der Waals surface area contributed by atoms with Gasteiger partial charge in [0.25, 0.3) is 5.91 Å². The second kappa shape index (κ2) is 5.34. The number of rotatable bonds is 5. The number of aromatic nitrogens is 3. The molecule has 1 amide bonds. The first-order valence-corrected chi connectivity index (χ1v) is 5.65. The fraction of sp³-hybridized carbons (Fsp3) is 0.273. The molecule has 0 spiro atoms. The Morgan fingerprint density at radius 3 is 2.95 bits per heavy atom. The summed E-state index contributed by atoms with van der Waals surface area (Å²) in [7, 11) is 1.49. The smallest absolute Gasteiger partial charge is 0.323 e. The quantitative estimate of drug-likeness (QED) is 0.609. The van der Waals surface area contributed by atoms with Crippen LogP contribution < -0.4 is 5.32 Å². The van der Waals surface area contributed by atoms with Crippen molar-refractivity contribution in [3.63, 3.8) is 0 Å². The zero-order chi connectivity index (χ0) is 13.8. The lowest BCUT2D eigenvalue weighted by Crippen LogP contribution is -2.27. The molecule has 100 valence electrons. The third-order valence-electron chi connectivity index (χ3n) is 2.75. The van der Waals surface area contributed by atoms with Crippen LogP contribution in [0.2, 0.25) is 0 Å². The van der Waals surface area contributed by atoms with E-state index >= 15 is 0 Å². The van der Waals surface area contributed by atoms with Gasteiger partial charge >= 0.3 is 5.82 Å². The molecule has 2 aromatic rings. The van der Waals surface area contributed by atoms with Crippen LogP contribution in [-0.4, -0.2) is 31.9 Å². The number of hydrogen-bond donors (Lipinski definition) is 2. The van der Waals surface area contributed by atoms with E-state index in [2.05, 4.69) is 15.3 Å². The second-order valence-corrected chi connectivity index (χ2v) is 3.98. The minimum absolute atomic E-state index is 0.112. The maximum atomic E-state index is 11.8. The number of nitro groups is 1. The predicted molar refractivity (Wildman–Crippen MR) is 66.7 cm³/mol. The molecule has 0 unspecified atom stereocenters. The summed E-state index contributed by atoms with van der Waals surface area (Å²) in [5.41, 5.74) is 1.18. The van der Waals surface area contributed by atoms with Gasteiger partial charge in [0.15, 0.2) is 5.69 Å². The van der Waals surface area contributed by atoms with Gasteiger partial charge in [-0.3, -0.25) is 4.79 Å². The Hall–Kier alpha value is -2.64. The lowest BCUT2D eigenvalue weighted by Gasteiger charge is -2.03. The van der Waals surface area contributed by atoms with Crippen LogP contribution >= 0.6 is 0 Å². The maximum Gasteiger partial charge on any atom is 0.323 e. The fourth-order valence-corrected chi connectivity index (χ4v) is 1.73. The standard InChI is InChI=1S/C11H13N5O3/c1-15-9(2-3-10(15)16(18)19)11(17)13-5-4-8-6-12-7-14-8/h2-3,6-7H,4-5H2,1H3,(H,12,14)(H,13,17). The Balaban J connectivity index is 1.95. The van der Waals surface area contributed by atoms with Crippen LogP contribution in [-0.2, 0) is 13.5 Å². The molecule has 0 saturated heterocycles. The first-order chi connectivity index (χ1) is 9.09. The van der Waals surface area contributed by atoms with E-state index in [-0.39, 0.29) is 17.4 Å². The molecule has 2 heterocycles. The lowest BCUT2D eigenvalue weighted by atomic mass is 10.3. The average Bonchev–Trinajstić information content (AvgIpc) is 2.98. The molecule has 0 aliphatic rings. The van der Waals surface area contributed by atoms with Crippen LogP contribution in [0, 0.1) is 10.1 Å². The highest BCUT2D eigenvalue weighted by atomic mass is 16.6. The van der Waals surface area contributed by atoms with Crippen LogP contribution in [0.5, 0.6) is 0 Å². The summed E-state index contributed by atoms with van der Waals surface area (Å²) in [6.07, 6.45) is 3.87. The highest BCUT2D eigenvalue weighted by molar-refractivity contribution is 5.93. The molecule has 0 saturated carbocycles. The summed E-state index contributed by atoms with van der Waals surface area (Å²) in [6.45, 7) is 0.431. The van der Waals surface area contributed by atoms with Crippen LogP contribution in [0.25, 0.3) is 0 Å². The number of aromatic amines is 1. The predicted octanol–water partition coefficient (Wildman–Crippen LogP) is 0.629. The van der Waals surface area contributed by atoms with Crippen molar-refractivity contribution in [2.45, 2.75) is 6.42 Å². The van der Waals surface area contributed by atoms with Crippen molar-refractivity contribution >= 4 is 11.7 Å². The van der Waals surface area contributed by atoms with Crippen molar-refractivity contribution in [1.82, 2.24) is 19.9 Å². The van der Waals surface area contributed by atoms with E-state index in [0.29, 0.717) is 13.0 Å². The van der Waals surface area contributed by atoms with Crippen molar-refractivity contribution < 1.29 is 9.72 Å². The largest absolute Gasteiger partial charge is 0.358 e. The van der Waals surface area contributed by atoms with Gasteiger partial charge in [-0.15, -0.1) is 0 Å². The zero-order valence-corrected chi connectivity index (χ0v) is 10.3. The number of nitrogens with one attached hydrogen (secondary N) is 2. The van der Waals surface area contributed by atoms with Gasteiger partial charge in [-0.05, 0) is 11.0 Å². The molecule has 8 nitrogen and oxygen atoms in total. The third kappa shape index (κ3) is 2.79. The van der Waals surface area contributed by atoms with Gasteiger partial charge in [0.05, 0.1) is 13.4 Å². The van der Waals surface area contributed by atoms with Gasteiger partial charge in [0.1, 0.15) is 0 Å². The Bertz CT molecular complexity index is 588. The van der Waals surface area contributed by atoms with Gasteiger partial charge in [-0.25, -0.2) is 9.55 Å². The lowest BCUT2D eigenvalue weighted by molar-refractivity contribution is -0.391. The number of hydrogen-bond acceptors (Lipinski definition) is 4. The molecule has 0 atom stereocenters. The number of H-pyrrole nitrogens is 1. The minimum Gasteiger partial charge on any atom is -0.358 e. The second-order valence-electron chi connectivity index (χ2n) is 3.98. The molecular formula is C11H13N5O3. The van der Waals surface area contributed by atoms with Crippen LogP contribution in [0.4, 0.5) is 5.82 Å². The summed E-state index contributed by atoms with van der Waals surface area (Å²) in [5, 5.41) is 13.4. The normalized spacial score (nSPS) is 10.4. The molecule has 0 aromatic carbocycles. The summed E-state index contributed by atoms with van der Waals surface area (Å²) in [4.78, 5) is 28.8. The first-order valence-electron chi connectivity index (χ1n) is 5.65. The Labute approximate surface area is 108 Å². The van der Waals surface area contributed by atoms with E-state index in [0.717, 1.165) is 5.69 Å². The number of nitrogens with zero attached hydrogens (tertiary/aromatic N) is 3. The molecule has 0 bridgehead atoms. The average molecular weight is 263 g/mol. The summed E-state index contributed by atoms with van der Waals surface area (Å²) < 4.78 is 1.26. The Kier molecular flexibility index (Phi) is 3.60.